The minimum Gasteiger partial charge on any atom is -0.480 e. The average Bonchev–Trinajstić information content (AvgIpc) is 2.48. The maximum absolute atomic E-state index is 10.7. The van der Waals surface area contributed by atoms with Gasteiger partial charge in [0.25, 0.3) is 0 Å². The number of aliphatic carboxylic acids is 1. The lowest BCUT2D eigenvalue weighted by atomic mass is 10.2. The number of H-pyrrole nitrogens is 1. The summed E-state index contributed by atoms with van der Waals surface area (Å²) in [7, 11) is 0. The molecule has 1 aromatic rings. The lowest BCUT2D eigenvalue weighted by Gasteiger charge is -2.20. The van der Waals surface area contributed by atoms with Crippen LogP contribution >= 0.6 is 0 Å². The summed E-state index contributed by atoms with van der Waals surface area (Å²) in [6, 6.07) is 0. The van der Waals surface area contributed by atoms with Gasteiger partial charge in [-0.25, -0.2) is 4.98 Å². The molecular weight excluding hydrogens is 206 g/mol. The first-order chi connectivity index (χ1) is 7.47. The lowest BCUT2D eigenvalue weighted by Crippen LogP contribution is -2.32. The summed E-state index contributed by atoms with van der Waals surface area (Å²) in [5, 5.41) is 8.81. The van der Waals surface area contributed by atoms with Gasteiger partial charge >= 0.3 is 5.97 Å². The van der Waals surface area contributed by atoms with Crippen molar-refractivity contribution in [1.82, 2.24) is 14.9 Å². The second kappa shape index (κ2) is 5.65. The molecule has 0 unspecified atom stereocenters. The summed E-state index contributed by atoms with van der Waals surface area (Å²) in [6.07, 6.45) is 1.75. The van der Waals surface area contributed by atoms with Gasteiger partial charge in [-0.1, -0.05) is 13.8 Å². The molecule has 0 saturated carbocycles. The Labute approximate surface area is 95.5 Å². The first-order valence-electron chi connectivity index (χ1n) is 5.42. The van der Waals surface area contributed by atoms with Crippen molar-refractivity contribution >= 4 is 5.97 Å². The van der Waals surface area contributed by atoms with Crippen LogP contribution in [0.25, 0.3) is 0 Å². The van der Waals surface area contributed by atoms with Crippen LogP contribution in [0.5, 0.6) is 0 Å². The van der Waals surface area contributed by atoms with Gasteiger partial charge in [0.15, 0.2) is 0 Å². The van der Waals surface area contributed by atoms with Gasteiger partial charge in [-0.05, 0) is 12.8 Å². The second-order valence-electron chi connectivity index (χ2n) is 4.47. The van der Waals surface area contributed by atoms with E-state index >= 15 is 0 Å². The molecule has 16 heavy (non-hydrogen) atoms. The van der Waals surface area contributed by atoms with E-state index in [0.717, 1.165) is 18.1 Å². The molecule has 0 aliphatic rings. The molecule has 5 nitrogen and oxygen atoms in total. The van der Waals surface area contributed by atoms with Gasteiger partial charge in [-0.2, -0.15) is 0 Å². The topological polar surface area (TPSA) is 69.2 Å². The molecule has 1 rings (SSSR count). The Hall–Kier alpha value is -1.36. The third-order valence-electron chi connectivity index (χ3n) is 2.11. The molecule has 0 aliphatic heterocycles. The number of aromatic amines is 1. The maximum atomic E-state index is 10.7. The Bertz CT molecular complexity index is 347. The molecule has 0 spiro atoms. The smallest absolute Gasteiger partial charge is 0.317 e. The van der Waals surface area contributed by atoms with Crippen molar-refractivity contribution in [3.8, 4) is 0 Å². The third-order valence-corrected chi connectivity index (χ3v) is 2.11. The van der Waals surface area contributed by atoms with Gasteiger partial charge in [0, 0.05) is 18.4 Å². The number of nitrogens with one attached hydrogen (secondary N) is 1. The summed E-state index contributed by atoms with van der Waals surface area (Å²) in [5.74, 6) is 0.457. The molecule has 1 heterocycles. The molecule has 0 aromatic carbocycles. The van der Waals surface area contributed by atoms with E-state index in [4.69, 9.17) is 5.11 Å². The molecule has 0 atom stereocenters. The third kappa shape index (κ3) is 4.44. The number of aromatic nitrogens is 2. The number of nitrogens with zero attached hydrogens (tertiary/aromatic N) is 2. The number of carbonyl (C=O) groups is 1. The first-order valence-corrected chi connectivity index (χ1v) is 5.42. The number of carboxylic acid groups (broad SMARTS) is 1. The normalized spacial score (nSPS) is 11.3. The van der Waals surface area contributed by atoms with Crippen LogP contribution in [-0.2, 0) is 11.3 Å². The summed E-state index contributed by atoms with van der Waals surface area (Å²) in [5.41, 5.74) is 0.995. The highest BCUT2D eigenvalue weighted by Crippen LogP contribution is 2.04. The molecule has 0 saturated heterocycles. The van der Waals surface area contributed by atoms with Crippen molar-refractivity contribution in [3.63, 3.8) is 0 Å². The highest BCUT2D eigenvalue weighted by molar-refractivity contribution is 5.69. The van der Waals surface area contributed by atoms with Gasteiger partial charge in [-0.3, -0.25) is 9.69 Å². The van der Waals surface area contributed by atoms with E-state index < -0.39 is 5.97 Å². The number of aryl methyl sites for hydroxylation is 1. The fourth-order valence-corrected chi connectivity index (χ4v) is 1.65. The van der Waals surface area contributed by atoms with E-state index in [1.165, 1.54) is 0 Å². The van der Waals surface area contributed by atoms with E-state index in [-0.39, 0.29) is 6.54 Å². The Morgan fingerprint density at radius 3 is 2.75 bits per heavy atom. The Morgan fingerprint density at radius 2 is 2.31 bits per heavy atom. The van der Waals surface area contributed by atoms with Crippen LogP contribution < -0.4 is 0 Å². The van der Waals surface area contributed by atoms with Crippen LogP contribution in [0.1, 0.15) is 25.4 Å². The molecule has 90 valence electrons. The Morgan fingerprint density at radius 1 is 1.62 bits per heavy atom. The predicted octanol–water partition coefficient (Wildman–Crippen LogP) is 1.26. The van der Waals surface area contributed by atoms with Gasteiger partial charge in [0.05, 0.1) is 13.1 Å². The Kier molecular flexibility index (Phi) is 4.49. The molecule has 0 fully saturated rings. The summed E-state index contributed by atoms with van der Waals surface area (Å²) < 4.78 is 0. The number of hydrogen-bond acceptors (Lipinski definition) is 3. The van der Waals surface area contributed by atoms with Crippen molar-refractivity contribution < 1.29 is 9.90 Å². The van der Waals surface area contributed by atoms with Crippen molar-refractivity contribution in [2.45, 2.75) is 27.3 Å². The van der Waals surface area contributed by atoms with Gasteiger partial charge in [0.1, 0.15) is 5.82 Å². The average molecular weight is 225 g/mol. The highest BCUT2D eigenvalue weighted by atomic mass is 16.4. The highest BCUT2D eigenvalue weighted by Gasteiger charge is 2.13. The van der Waals surface area contributed by atoms with Crippen LogP contribution in [0.15, 0.2) is 6.20 Å². The van der Waals surface area contributed by atoms with Crippen LogP contribution in [0.3, 0.4) is 0 Å². The van der Waals surface area contributed by atoms with Crippen molar-refractivity contribution in [2.24, 2.45) is 5.92 Å². The van der Waals surface area contributed by atoms with Crippen LogP contribution in [0.2, 0.25) is 0 Å². The largest absolute Gasteiger partial charge is 0.480 e. The molecule has 0 amide bonds. The number of carboxylic acids is 1. The molecule has 2 N–H and O–H groups in total. The fraction of sp³-hybridized carbons (Fsp3) is 0.636. The van der Waals surface area contributed by atoms with Crippen molar-refractivity contribution in [3.05, 3.63) is 17.7 Å². The van der Waals surface area contributed by atoms with E-state index in [9.17, 15) is 4.79 Å². The number of rotatable bonds is 6. The van der Waals surface area contributed by atoms with E-state index in [1.54, 1.807) is 6.20 Å². The van der Waals surface area contributed by atoms with E-state index in [0.29, 0.717) is 12.5 Å². The van der Waals surface area contributed by atoms with Crippen molar-refractivity contribution in [1.29, 1.82) is 0 Å². The maximum Gasteiger partial charge on any atom is 0.317 e. The van der Waals surface area contributed by atoms with E-state index in [2.05, 4.69) is 23.8 Å². The first kappa shape index (κ1) is 12.7. The zero-order valence-corrected chi connectivity index (χ0v) is 10.0. The van der Waals surface area contributed by atoms with Gasteiger partial charge in [0.2, 0.25) is 0 Å². The summed E-state index contributed by atoms with van der Waals surface area (Å²) in [6.45, 7) is 7.44. The van der Waals surface area contributed by atoms with Crippen LogP contribution in [0, 0.1) is 12.8 Å². The zero-order chi connectivity index (χ0) is 12.1. The lowest BCUT2D eigenvalue weighted by molar-refractivity contribution is -0.138. The molecule has 1 aromatic heterocycles. The summed E-state index contributed by atoms with van der Waals surface area (Å²) in [4.78, 5) is 19.9. The molecule has 0 radical (unpaired) electrons. The minimum atomic E-state index is -0.802. The molecule has 0 bridgehead atoms. The SMILES string of the molecule is Cc1cnc(CN(CC(=O)O)CC(C)C)[nH]1. The fourth-order valence-electron chi connectivity index (χ4n) is 1.65. The van der Waals surface area contributed by atoms with E-state index in [1.807, 2.05) is 11.8 Å². The van der Waals surface area contributed by atoms with Crippen LogP contribution in [-0.4, -0.2) is 39.0 Å². The van der Waals surface area contributed by atoms with Crippen LogP contribution in [0.4, 0.5) is 0 Å². The second-order valence-corrected chi connectivity index (χ2v) is 4.47. The zero-order valence-electron chi connectivity index (χ0n) is 10.0. The summed E-state index contributed by atoms with van der Waals surface area (Å²) >= 11 is 0. The molecule has 0 aliphatic carbocycles. The monoisotopic (exact) mass is 225 g/mol. The standard InChI is InChI=1S/C11H19N3O2/c1-8(2)5-14(7-11(15)16)6-10-12-4-9(3)13-10/h4,8H,5-7H2,1-3H3,(H,12,13)(H,15,16). The molecule has 5 heteroatoms. The quantitative estimate of drug-likeness (QED) is 0.764. The van der Waals surface area contributed by atoms with Gasteiger partial charge in [-0.15, -0.1) is 0 Å². The van der Waals surface area contributed by atoms with Crippen molar-refractivity contribution in [2.75, 3.05) is 13.1 Å². The number of imidazole rings is 1. The molecular formula is C11H19N3O2. The van der Waals surface area contributed by atoms with Gasteiger partial charge < -0.3 is 10.1 Å². The number of hydrogen-bond donors (Lipinski definition) is 2. The minimum absolute atomic E-state index is 0.0535. The predicted molar refractivity (Wildman–Crippen MR) is 61.1 cm³/mol. The Balaban J connectivity index is 2.58.